The molecular weight excluding hydrogens is 222 g/mol. The molecule has 0 saturated carbocycles. The molecule has 0 fully saturated rings. The van der Waals surface area contributed by atoms with Gasteiger partial charge in [-0.1, -0.05) is 6.42 Å². The van der Waals surface area contributed by atoms with Gasteiger partial charge in [0.15, 0.2) is 0 Å². The minimum absolute atomic E-state index is 0.108. The smallest absolute Gasteiger partial charge is 0.407 e. The van der Waals surface area contributed by atoms with Gasteiger partial charge in [0.05, 0.1) is 6.61 Å². The van der Waals surface area contributed by atoms with E-state index in [1.807, 2.05) is 20.8 Å². The van der Waals surface area contributed by atoms with E-state index >= 15 is 0 Å². The summed E-state index contributed by atoms with van der Waals surface area (Å²) in [5.41, 5.74) is -0.483. The zero-order chi connectivity index (χ0) is 13.3. The predicted octanol–water partition coefficient (Wildman–Crippen LogP) is 1.49. The van der Waals surface area contributed by atoms with Gasteiger partial charge in [0.1, 0.15) is 11.9 Å². The highest BCUT2D eigenvalue weighted by atomic mass is 16.6. The van der Waals surface area contributed by atoms with Crippen molar-refractivity contribution in [1.82, 2.24) is 5.32 Å². The van der Waals surface area contributed by atoms with Crippen LogP contribution in [0.3, 0.4) is 0 Å². The molecule has 0 saturated heterocycles. The van der Waals surface area contributed by atoms with E-state index in [4.69, 9.17) is 9.84 Å². The number of carbonyl (C=O) groups is 2. The second kappa shape index (κ2) is 8.06. The van der Waals surface area contributed by atoms with Crippen molar-refractivity contribution in [3.05, 3.63) is 0 Å². The number of rotatable bonds is 7. The van der Waals surface area contributed by atoms with Gasteiger partial charge < -0.3 is 20.0 Å². The number of unbranched alkanes of at least 4 members (excludes halogenated alkanes) is 1. The first-order valence-corrected chi connectivity index (χ1v) is 5.92. The SMILES string of the molecule is CC(C)(C)OC(=O)NCCCCC(C=O)CO. The fourth-order valence-corrected chi connectivity index (χ4v) is 1.24. The van der Waals surface area contributed by atoms with Crippen molar-refractivity contribution in [2.24, 2.45) is 5.92 Å². The Hall–Kier alpha value is -1.10. The molecule has 0 heterocycles. The Morgan fingerprint density at radius 1 is 1.41 bits per heavy atom. The third kappa shape index (κ3) is 9.81. The van der Waals surface area contributed by atoms with Crippen molar-refractivity contribution < 1.29 is 19.4 Å². The number of hydrogen-bond donors (Lipinski definition) is 2. The lowest BCUT2D eigenvalue weighted by atomic mass is 10.1. The number of nitrogens with one attached hydrogen (secondary N) is 1. The summed E-state index contributed by atoms with van der Waals surface area (Å²) in [6.45, 7) is 5.84. The monoisotopic (exact) mass is 245 g/mol. The highest BCUT2D eigenvalue weighted by Crippen LogP contribution is 2.07. The summed E-state index contributed by atoms with van der Waals surface area (Å²) in [5.74, 6) is -0.281. The molecule has 5 nitrogen and oxygen atoms in total. The Morgan fingerprint density at radius 3 is 2.53 bits per heavy atom. The normalized spacial score (nSPS) is 12.9. The molecule has 0 aliphatic rings. The molecule has 0 aromatic heterocycles. The molecule has 1 amide bonds. The van der Waals surface area contributed by atoms with Gasteiger partial charge in [-0.15, -0.1) is 0 Å². The Kier molecular flexibility index (Phi) is 7.54. The maximum atomic E-state index is 11.2. The quantitative estimate of drug-likeness (QED) is 0.526. The van der Waals surface area contributed by atoms with Gasteiger partial charge in [0, 0.05) is 12.5 Å². The first kappa shape index (κ1) is 15.9. The molecule has 1 atom stereocenters. The van der Waals surface area contributed by atoms with Crippen molar-refractivity contribution in [2.75, 3.05) is 13.2 Å². The first-order valence-electron chi connectivity index (χ1n) is 5.92. The standard InChI is InChI=1S/C12H23NO4/c1-12(2,3)17-11(16)13-7-5-4-6-10(8-14)9-15/h8,10,15H,4-7,9H2,1-3H3,(H,13,16). The molecule has 17 heavy (non-hydrogen) atoms. The van der Waals surface area contributed by atoms with Gasteiger partial charge in [0.25, 0.3) is 0 Å². The fraction of sp³-hybridized carbons (Fsp3) is 0.833. The summed E-state index contributed by atoms with van der Waals surface area (Å²) in [7, 11) is 0. The van der Waals surface area contributed by atoms with E-state index in [-0.39, 0.29) is 12.5 Å². The van der Waals surface area contributed by atoms with E-state index in [0.717, 1.165) is 19.1 Å². The summed E-state index contributed by atoms with van der Waals surface area (Å²) < 4.78 is 5.06. The van der Waals surface area contributed by atoms with E-state index in [9.17, 15) is 9.59 Å². The summed E-state index contributed by atoms with van der Waals surface area (Å²) in [5, 5.41) is 11.4. The summed E-state index contributed by atoms with van der Waals surface area (Å²) in [4.78, 5) is 21.7. The van der Waals surface area contributed by atoms with Gasteiger partial charge in [-0.25, -0.2) is 4.79 Å². The van der Waals surface area contributed by atoms with Gasteiger partial charge in [-0.2, -0.15) is 0 Å². The fourth-order valence-electron chi connectivity index (χ4n) is 1.24. The third-order valence-corrected chi connectivity index (χ3v) is 2.10. The minimum atomic E-state index is -0.483. The Balaban J connectivity index is 3.52. The highest BCUT2D eigenvalue weighted by molar-refractivity contribution is 5.67. The summed E-state index contributed by atoms with van der Waals surface area (Å²) >= 11 is 0. The van der Waals surface area contributed by atoms with Crippen LogP contribution in [0.15, 0.2) is 0 Å². The number of aliphatic hydroxyl groups is 1. The molecule has 0 aliphatic carbocycles. The average molecular weight is 245 g/mol. The van der Waals surface area contributed by atoms with Crippen molar-refractivity contribution in [3.8, 4) is 0 Å². The molecule has 0 rings (SSSR count). The van der Waals surface area contributed by atoms with E-state index in [0.29, 0.717) is 13.0 Å². The topological polar surface area (TPSA) is 75.6 Å². The number of aldehydes is 1. The number of ether oxygens (including phenoxy) is 1. The first-order chi connectivity index (χ1) is 7.89. The molecule has 0 bridgehead atoms. The molecule has 0 aromatic rings. The molecular formula is C12H23NO4. The van der Waals surface area contributed by atoms with E-state index in [2.05, 4.69) is 5.32 Å². The molecule has 0 aliphatic heterocycles. The molecule has 2 N–H and O–H groups in total. The minimum Gasteiger partial charge on any atom is -0.444 e. The second-order valence-electron chi connectivity index (χ2n) is 5.00. The summed E-state index contributed by atoms with van der Waals surface area (Å²) in [6, 6.07) is 0. The zero-order valence-electron chi connectivity index (χ0n) is 10.9. The van der Waals surface area contributed by atoms with Crippen LogP contribution in [0.5, 0.6) is 0 Å². The maximum absolute atomic E-state index is 11.2. The molecule has 100 valence electrons. The molecule has 0 radical (unpaired) electrons. The molecule has 0 spiro atoms. The van der Waals surface area contributed by atoms with Gasteiger partial charge in [-0.3, -0.25) is 0 Å². The van der Waals surface area contributed by atoms with Crippen LogP contribution in [0.4, 0.5) is 4.79 Å². The number of alkyl carbamates (subject to hydrolysis) is 1. The van der Waals surface area contributed by atoms with Crippen LogP contribution < -0.4 is 5.32 Å². The molecule has 1 unspecified atom stereocenters. The maximum Gasteiger partial charge on any atom is 0.407 e. The summed E-state index contributed by atoms with van der Waals surface area (Å²) in [6.07, 6.45) is 2.55. The van der Waals surface area contributed by atoms with Crippen LogP contribution >= 0.6 is 0 Å². The number of hydrogen-bond acceptors (Lipinski definition) is 4. The lowest BCUT2D eigenvalue weighted by molar-refractivity contribution is -0.112. The van der Waals surface area contributed by atoms with Crippen molar-refractivity contribution in [2.45, 2.75) is 45.6 Å². The number of aliphatic hydroxyl groups excluding tert-OH is 1. The van der Waals surface area contributed by atoms with Gasteiger partial charge >= 0.3 is 6.09 Å². The Morgan fingerprint density at radius 2 is 2.06 bits per heavy atom. The van der Waals surface area contributed by atoms with E-state index < -0.39 is 11.7 Å². The van der Waals surface area contributed by atoms with E-state index in [1.54, 1.807) is 0 Å². The van der Waals surface area contributed by atoms with Crippen LogP contribution in [-0.2, 0) is 9.53 Å². The highest BCUT2D eigenvalue weighted by Gasteiger charge is 2.15. The van der Waals surface area contributed by atoms with E-state index in [1.165, 1.54) is 0 Å². The van der Waals surface area contributed by atoms with Crippen molar-refractivity contribution in [3.63, 3.8) is 0 Å². The Labute approximate surface area is 103 Å². The van der Waals surface area contributed by atoms with Gasteiger partial charge in [-0.05, 0) is 33.6 Å². The molecule has 5 heteroatoms. The Bertz CT molecular complexity index is 235. The average Bonchev–Trinajstić information content (AvgIpc) is 2.21. The van der Waals surface area contributed by atoms with Gasteiger partial charge in [0.2, 0.25) is 0 Å². The number of carbonyl (C=O) groups excluding carboxylic acids is 2. The van der Waals surface area contributed by atoms with Crippen LogP contribution in [0.25, 0.3) is 0 Å². The largest absolute Gasteiger partial charge is 0.444 e. The second-order valence-corrected chi connectivity index (χ2v) is 5.00. The van der Waals surface area contributed by atoms with Crippen LogP contribution in [0.1, 0.15) is 40.0 Å². The van der Waals surface area contributed by atoms with Crippen LogP contribution in [0.2, 0.25) is 0 Å². The predicted molar refractivity (Wildman–Crippen MR) is 64.7 cm³/mol. The van der Waals surface area contributed by atoms with Crippen LogP contribution in [0, 0.1) is 5.92 Å². The van der Waals surface area contributed by atoms with Crippen molar-refractivity contribution >= 4 is 12.4 Å². The number of amides is 1. The zero-order valence-corrected chi connectivity index (χ0v) is 10.9. The lowest BCUT2D eigenvalue weighted by Crippen LogP contribution is -2.33. The van der Waals surface area contributed by atoms with Crippen molar-refractivity contribution in [1.29, 1.82) is 0 Å². The third-order valence-electron chi connectivity index (χ3n) is 2.10. The molecule has 0 aromatic carbocycles. The van der Waals surface area contributed by atoms with Crippen LogP contribution in [-0.4, -0.2) is 36.2 Å². The lowest BCUT2D eigenvalue weighted by Gasteiger charge is -2.19.